The van der Waals surface area contributed by atoms with E-state index in [1.54, 1.807) is 0 Å². The third-order valence-electron chi connectivity index (χ3n) is 2.01. The second-order valence-electron chi connectivity index (χ2n) is 4.70. The van der Waals surface area contributed by atoms with Gasteiger partial charge in [-0.05, 0) is 45.7 Å². The Hall–Kier alpha value is -0.550. The van der Waals surface area contributed by atoms with Crippen molar-refractivity contribution in [3.63, 3.8) is 0 Å². The van der Waals surface area contributed by atoms with Crippen LogP contribution in [0.4, 0.5) is 0 Å². The fraction of sp³-hybridized carbons (Fsp3) is 0.909. The van der Waals surface area contributed by atoms with E-state index >= 15 is 0 Å². The Labute approximate surface area is 82.3 Å². The summed E-state index contributed by atoms with van der Waals surface area (Å²) in [5.41, 5.74) is -0.153. The van der Waals surface area contributed by atoms with Crippen LogP contribution >= 0.6 is 0 Å². The topological polar surface area (TPSA) is 35.8 Å². The van der Waals surface area contributed by atoms with Crippen molar-refractivity contribution in [2.75, 3.05) is 13.1 Å². The van der Waals surface area contributed by atoms with Crippen LogP contribution in [-0.4, -0.2) is 13.1 Å². The Kier molecular flexibility index (Phi) is 5.73. The van der Waals surface area contributed by atoms with Crippen molar-refractivity contribution < 1.29 is 0 Å². The van der Waals surface area contributed by atoms with Crippen LogP contribution < -0.4 is 5.32 Å². The first-order chi connectivity index (χ1) is 5.98. The Morgan fingerprint density at radius 3 is 2.46 bits per heavy atom. The number of nitrogens with zero attached hydrogens (tertiary/aromatic N) is 1. The van der Waals surface area contributed by atoms with Crippen LogP contribution in [0.15, 0.2) is 0 Å². The van der Waals surface area contributed by atoms with Gasteiger partial charge < -0.3 is 5.32 Å². The van der Waals surface area contributed by atoms with Gasteiger partial charge in [0.25, 0.3) is 0 Å². The minimum Gasteiger partial charge on any atom is -0.316 e. The molecule has 0 spiro atoms. The van der Waals surface area contributed by atoms with Crippen LogP contribution in [0.2, 0.25) is 0 Å². The molecule has 0 aliphatic carbocycles. The highest BCUT2D eigenvalue weighted by molar-refractivity contribution is 4.91. The maximum Gasteiger partial charge on any atom is 0.0683 e. The first-order valence-corrected chi connectivity index (χ1v) is 5.10. The van der Waals surface area contributed by atoms with Crippen molar-refractivity contribution in [1.29, 1.82) is 5.26 Å². The molecular formula is C11H22N2. The molecule has 0 atom stereocenters. The summed E-state index contributed by atoms with van der Waals surface area (Å²) in [6, 6.07) is 2.31. The molecule has 0 unspecified atom stereocenters. The molecule has 0 amide bonds. The Balaban J connectivity index is 3.32. The van der Waals surface area contributed by atoms with Gasteiger partial charge in [-0.25, -0.2) is 0 Å². The first-order valence-electron chi connectivity index (χ1n) is 5.10. The zero-order valence-electron chi connectivity index (χ0n) is 9.35. The summed E-state index contributed by atoms with van der Waals surface area (Å²) in [5.74, 6) is 0.712. The normalized spacial score (nSPS) is 11.7. The van der Waals surface area contributed by atoms with Gasteiger partial charge in [-0.1, -0.05) is 13.8 Å². The van der Waals surface area contributed by atoms with Gasteiger partial charge in [0.2, 0.25) is 0 Å². The highest BCUT2D eigenvalue weighted by Gasteiger charge is 2.15. The monoisotopic (exact) mass is 182 g/mol. The van der Waals surface area contributed by atoms with Crippen molar-refractivity contribution in [3.8, 4) is 6.07 Å². The molecule has 0 aromatic carbocycles. The van der Waals surface area contributed by atoms with Crippen molar-refractivity contribution in [3.05, 3.63) is 0 Å². The molecule has 0 saturated carbocycles. The molecule has 0 aromatic rings. The van der Waals surface area contributed by atoms with E-state index in [0.717, 1.165) is 25.9 Å². The van der Waals surface area contributed by atoms with Gasteiger partial charge in [-0.3, -0.25) is 0 Å². The molecule has 0 aliphatic heterocycles. The number of hydrogen-bond donors (Lipinski definition) is 1. The highest BCUT2D eigenvalue weighted by Crippen LogP contribution is 2.19. The fourth-order valence-electron chi connectivity index (χ4n) is 1.10. The summed E-state index contributed by atoms with van der Waals surface area (Å²) in [7, 11) is 0. The lowest BCUT2D eigenvalue weighted by Gasteiger charge is -2.15. The molecule has 13 heavy (non-hydrogen) atoms. The Morgan fingerprint density at radius 1 is 1.38 bits per heavy atom. The molecule has 0 aromatic heterocycles. The number of rotatable bonds is 6. The molecular weight excluding hydrogens is 160 g/mol. The van der Waals surface area contributed by atoms with E-state index in [-0.39, 0.29) is 5.41 Å². The lowest BCUT2D eigenvalue weighted by Crippen LogP contribution is -2.22. The third kappa shape index (κ3) is 7.80. The van der Waals surface area contributed by atoms with E-state index in [2.05, 4.69) is 25.2 Å². The average Bonchev–Trinajstić information content (AvgIpc) is 2.03. The third-order valence-corrected chi connectivity index (χ3v) is 2.01. The molecule has 0 rings (SSSR count). The van der Waals surface area contributed by atoms with E-state index in [9.17, 15) is 0 Å². The van der Waals surface area contributed by atoms with Crippen LogP contribution in [-0.2, 0) is 0 Å². The summed E-state index contributed by atoms with van der Waals surface area (Å²) in [6.07, 6.45) is 2.07. The Bertz CT molecular complexity index is 165. The molecule has 0 bridgehead atoms. The van der Waals surface area contributed by atoms with Gasteiger partial charge in [0.1, 0.15) is 0 Å². The molecule has 76 valence electrons. The molecule has 0 heterocycles. The van der Waals surface area contributed by atoms with Gasteiger partial charge in [0, 0.05) is 0 Å². The lowest BCUT2D eigenvalue weighted by molar-refractivity contribution is 0.420. The summed E-state index contributed by atoms with van der Waals surface area (Å²) in [4.78, 5) is 0. The van der Waals surface area contributed by atoms with Crippen molar-refractivity contribution in [2.45, 2.75) is 40.5 Å². The predicted octanol–water partition coefficient (Wildman–Crippen LogP) is 2.56. The predicted molar refractivity (Wildman–Crippen MR) is 56.3 cm³/mol. The summed E-state index contributed by atoms with van der Waals surface area (Å²) < 4.78 is 0. The number of nitrogens with one attached hydrogen (secondary N) is 1. The maximum atomic E-state index is 8.77. The van der Waals surface area contributed by atoms with E-state index in [4.69, 9.17) is 5.26 Å². The first kappa shape index (κ1) is 12.4. The fourth-order valence-corrected chi connectivity index (χ4v) is 1.10. The van der Waals surface area contributed by atoms with Crippen molar-refractivity contribution in [1.82, 2.24) is 5.32 Å². The molecule has 1 N–H and O–H groups in total. The molecule has 0 saturated heterocycles. The summed E-state index contributed by atoms with van der Waals surface area (Å²) in [6.45, 7) is 10.5. The average molecular weight is 182 g/mol. The minimum atomic E-state index is -0.153. The molecule has 0 radical (unpaired) electrons. The van der Waals surface area contributed by atoms with Gasteiger partial charge >= 0.3 is 0 Å². The molecule has 2 nitrogen and oxygen atoms in total. The van der Waals surface area contributed by atoms with Crippen LogP contribution in [0.1, 0.15) is 40.5 Å². The summed E-state index contributed by atoms with van der Waals surface area (Å²) in [5, 5.41) is 12.1. The van der Waals surface area contributed by atoms with E-state index in [0.29, 0.717) is 5.92 Å². The SMILES string of the molecule is CC(C)CNCCCC(C)(C)C#N. The van der Waals surface area contributed by atoms with Crippen LogP contribution in [0.3, 0.4) is 0 Å². The number of nitriles is 1. The van der Waals surface area contributed by atoms with E-state index in [1.165, 1.54) is 0 Å². The van der Waals surface area contributed by atoms with Gasteiger partial charge in [-0.15, -0.1) is 0 Å². The largest absolute Gasteiger partial charge is 0.316 e. The smallest absolute Gasteiger partial charge is 0.0683 e. The zero-order valence-corrected chi connectivity index (χ0v) is 9.35. The van der Waals surface area contributed by atoms with E-state index < -0.39 is 0 Å². The van der Waals surface area contributed by atoms with Crippen LogP contribution in [0.25, 0.3) is 0 Å². The standard InChI is InChI=1S/C11H22N2/c1-10(2)8-13-7-5-6-11(3,4)9-12/h10,13H,5-8H2,1-4H3. The lowest BCUT2D eigenvalue weighted by atomic mass is 9.90. The molecule has 2 heteroatoms. The zero-order chi connectivity index (χ0) is 10.3. The summed E-state index contributed by atoms with van der Waals surface area (Å²) >= 11 is 0. The molecule has 0 fully saturated rings. The van der Waals surface area contributed by atoms with E-state index in [1.807, 2.05) is 13.8 Å². The quantitative estimate of drug-likeness (QED) is 0.641. The highest BCUT2D eigenvalue weighted by atomic mass is 14.8. The second kappa shape index (κ2) is 5.99. The maximum absolute atomic E-state index is 8.77. The van der Waals surface area contributed by atoms with Crippen molar-refractivity contribution >= 4 is 0 Å². The minimum absolute atomic E-state index is 0.153. The van der Waals surface area contributed by atoms with Gasteiger partial charge in [0.05, 0.1) is 11.5 Å². The van der Waals surface area contributed by atoms with Crippen LogP contribution in [0, 0.1) is 22.7 Å². The molecule has 0 aliphatic rings. The van der Waals surface area contributed by atoms with Crippen LogP contribution in [0.5, 0.6) is 0 Å². The number of hydrogen-bond acceptors (Lipinski definition) is 2. The van der Waals surface area contributed by atoms with Gasteiger partial charge in [-0.2, -0.15) is 5.26 Å². The Morgan fingerprint density at radius 2 is 2.00 bits per heavy atom. The van der Waals surface area contributed by atoms with Gasteiger partial charge in [0.15, 0.2) is 0 Å². The van der Waals surface area contributed by atoms with Crippen molar-refractivity contribution in [2.24, 2.45) is 11.3 Å². The second-order valence-corrected chi connectivity index (χ2v) is 4.70.